The summed E-state index contributed by atoms with van der Waals surface area (Å²) in [7, 11) is 0. The molecule has 0 unspecified atom stereocenters. The Kier molecular flexibility index (Phi) is 9.88. The lowest BCUT2D eigenvalue weighted by atomic mass is 9.98. The Morgan fingerprint density at radius 2 is 1.04 bits per heavy atom. The Labute approximate surface area is 151 Å². The Balaban J connectivity index is 0.000000730. The van der Waals surface area contributed by atoms with Crippen molar-refractivity contribution in [3.05, 3.63) is 82.9 Å². The van der Waals surface area contributed by atoms with Crippen molar-refractivity contribution in [3.8, 4) is 0 Å². The first kappa shape index (κ1) is 20.6. The molecule has 0 amide bonds. The fourth-order valence-electron chi connectivity index (χ4n) is 2.32. The molecule has 132 valence electrons. The number of carbonyl (C=O) groups excluding carboxylic acids is 1. The van der Waals surface area contributed by atoms with Gasteiger partial charge in [0.15, 0.2) is 5.78 Å². The second-order valence-electron chi connectivity index (χ2n) is 4.98. The van der Waals surface area contributed by atoms with Gasteiger partial charge in [0.25, 0.3) is 0 Å². The third-order valence-electron chi connectivity index (χ3n) is 3.38. The van der Waals surface area contributed by atoms with Crippen LogP contribution in [0.2, 0.25) is 0 Å². The highest BCUT2D eigenvalue weighted by Crippen LogP contribution is 2.19. The van der Waals surface area contributed by atoms with Crippen molar-refractivity contribution in [1.82, 2.24) is 0 Å². The van der Waals surface area contributed by atoms with Gasteiger partial charge in [-0.3, -0.25) is 4.79 Å². The smallest absolute Gasteiger partial charge is 0.189 e. The summed E-state index contributed by atoms with van der Waals surface area (Å²) < 4.78 is 5.55. The Morgan fingerprint density at radius 1 is 0.680 bits per heavy atom. The van der Waals surface area contributed by atoms with Gasteiger partial charge in [0.05, 0.1) is 13.2 Å². The van der Waals surface area contributed by atoms with Crippen molar-refractivity contribution in [2.24, 2.45) is 0 Å². The monoisotopic (exact) mass is 336 g/mol. The highest BCUT2D eigenvalue weighted by molar-refractivity contribution is 6.14. The lowest BCUT2D eigenvalue weighted by molar-refractivity contribution is -0.114. The Morgan fingerprint density at radius 3 is 1.40 bits per heavy atom. The maximum atomic E-state index is 12.5. The summed E-state index contributed by atoms with van der Waals surface area (Å²) >= 11 is 0. The zero-order valence-corrected chi connectivity index (χ0v) is 15.7. The molecule has 1 heterocycles. The van der Waals surface area contributed by atoms with Crippen molar-refractivity contribution in [3.63, 3.8) is 0 Å². The second-order valence-corrected chi connectivity index (χ2v) is 4.98. The number of benzene rings is 2. The normalized spacial score (nSPS) is 16.6. The van der Waals surface area contributed by atoms with Gasteiger partial charge in [0.1, 0.15) is 0 Å². The number of Topliss-reactive ketones (excluding diaryl/α,β-unsaturated/α-hetero) is 1. The van der Waals surface area contributed by atoms with Crippen LogP contribution in [0.3, 0.4) is 0 Å². The van der Waals surface area contributed by atoms with Crippen molar-refractivity contribution in [2.75, 3.05) is 13.2 Å². The summed E-state index contributed by atoms with van der Waals surface area (Å²) in [5.74, 6) is 0.0777. The summed E-state index contributed by atoms with van der Waals surface area (Å²) in [5.41, 5.74) is 3.44. The van der Waals surface area contributed by atoms with E-state index in [4.69, 9.17) is 4.74 Å². The summed E-state index contributed by atoms with van der Waals surface area (Å²) in [6, 6.07) is 19.7. The zero-order valence-electron chi connectivity index (χ0n) is 15.7. The Hall–Kier alpha value is -2.45. The molecule has 1 aliphatic rings. The van der Waals surface area contributed by atoms with Gasteiger partial charge in [-0.05, 0) is 23.3 Å². The molecule has 1 saturated heterocycles. The van der Waals surface area contributed by atoms with E-state index in [1.54, 1.807) is 0 Å². The van der Waals surface area contributed by atoms with Gasteiger partial charge < -0.3 is 4.74 Å². The van der Waals surface area contributed by atoms with Crippen LogP contribution in [-0.2, 0) is 9.53 Å². The van der Waals surface area contributed by atoms with E-state index in [0.29, 0.717) is 24.4 Å². The van der Waals surface area contributed by atoms with Crippen LogP contribution >= 0.6 is 0 Å². The van der Waals surface area contributed by atoms with Gasteiger partial charge >= 0.3 is 0 Å². The number of hydrogen-bond donors (Lipinski definition) is 0. The van der Waals surface area contributed by atoms with Crippen LogP contribution in [-0.4, -0.2) is 19.0 Å². The third-order valence-corrected chi connectivity index (χ3v) is 3.38. The molecular formula is C23H28O2. The standard InChI is InChI=1S/C19H16O2.2C2H6/c20-19-17(11-15-7-3-1-4-8-15)13-21-14-18(19)12-16-9-5-2-6-10-16;2*1-2/h1-12H,13-14H2;2*1-2H3/b17-11+,18-12+;;. The molecule has 1 fully saturated rings. The SMILES string of the molecule is CC.CC.O=C1/C(=C/c2ccccc2)COC/C1=C\c1ccccc1. The number of carbonyl (C=O) groups is 1. The van der Waals surface area contributed by atoms with Gasteiger partial charge in [-0.1, -0.05) is 88.4 Å². The molecular weight excluding hydrogens is 308 g/mol. The van der Waals surface area contributed by atoms with E-state index in [1.165, 1.54) is 0 Å². The highest BCUT2D eigenvalue weighted by atomic mass is 16.5. The van der Waals surface area contributed by atoms with E-state index in [-0.39, 0.29) is 5.78 Å². The van der Waals surface area contributed by atoms with E-state index >= 15 is 0 Å². The molecule has 0 saturated carbocycles. The molecule has 0 spiro atoms. The van der Waals surface area contributed by atoms with Gasteiger partial charge in [0, 0.05) is 11.1 Å². The van der Waals surface area contributed by atoms with E-state index < -0.39 is 0 Å². The van der Waals surface area contributed by atoms with Crippen molar-refractivity contribution in [2.45, 2.75) is 27.7 Å². The fourth-order valence-corrected chi connectivity index (χ4v) is 2.32. The molecule has 2 aromatic rings. The van der Waals surface area contributed by atoms with E-state index in [9.17, 15) is 4.79 Å². The lowest BCUT2D eigenvalue weighted by Crippen LogP contribution is -2.21. The quantitative estimate of drug-likeness (QED) is 0.647. The number of ketones is 1. The van der Waals surface area contributed by atoms with Crippen LogP contribution in [0.1, 0.15) is 38.8 Å². The average Bonchev–Trinajstić information content (AvgIpc) is 2.70. The highest BCUT2D eigenvalue weighted by Gasteiger charge is 2.20. The lowest BCUT2D eigenvalue weighted by Gasteiger charge is -2.17. The van der Waals surface area contributed by atoms with Gasteiger partial charge in [0.2, 0.25) is 0 Å². The minimum Gasteiger partial charge on any atom is -0.372 e. The molecule has 3 rings (SSSR count). The predicted molar refractivity (Wildman–Crippen MR) is 107 cm³/mol. The first-order valence-corrected chi connectivity index (χ1v) is 8.96. The van der Waals surface area contributed by atoms with Crippen LogP contribution in [0.25, 0.3) is 12.2 Å². The molecule has 2 aromatic carbocycles. The fraction of sp³-hybridized carbons (Fsp3) is 0.261. The topological polar surface area (TPSA) is 26.3 Å². The predicted octanol–water partition coefficient (Wildman–Crippen LogP) is 5.81. The number of rotatable bonds is 2. The first-order chi connectivity index (χ1) is 12.3. The minimum absolute atomic E-state index is 0.0777. The third kappa shape index (κ3) is 6.52. The van der Waals surface area contributed by atoms with Gasteiger partial charge in [-0.25, -0.2) is 0 Å². The summed E-state index contributed by atoms with van der Waals surface area (Å²) in [6.45, 7) is 8.75. The molecule has 0 aliphatic carbocycles. The number of hydrogen-bond acceptors (Lipinski definition) is 2. The molecule has 0 N–H and O–H groups in total. The second kappa shape index (κ2) is 12.0. The summed E-state index contributed by atoms with van der Waals surface area (Å²) in [4.78, 5) is 12.5. The molecule has 2 nitrogen and oxygen atoms in total. The summed E-state index contributed by atoms with van der Waals surface area (Å²) in [5, 5.41) is 0. The van der Waals surface area contributed by atoms with E-state index in [1.807, 2.05) is 101 Å². The maximum Gasteiger partial charge on any atom is 0.189 e. The molecule has 1 aliphatic heterocycles. The average molecular weight is 336 g/mol. The van der Waals surface area contributed by atoms with Crippen molar-refractivity contribution >= 4 is 17.9 Å². The molecule has 0 bridgehead atoms. The van der Waals surface area contributed by atoms with Gasteiger partial charge in [-0.15, -0.1) is 0 Å². The van der Waals surface area contributed by atoms with Gasteiger partial charge in [-0.2, -0.15) is 0 Å². The largest absolute Gasteiger partial charge is 0.372 e. The molecule has 2 heteroatoms. The Bertz CT molecular complexity index is 623. The summed E-state index contributed by atoms with van der Waals surface area (Å²) in [6.07, 6.45) is 3.81. The number of ether oxygens (including phenoxy) is 1. The van der Waals surface area contributed by atoms with Crippen molar-refractivity contribution < 1.29 is 9.53 Å². The molecule has 0 atom stereocenters. The van der Waals surface area contributed by atoms with E-state index in [2.05, 4.69) is 0 Å². The van der Waals surface area contributed by atoms with Crippen LogP contribution in [0.5, 0.6) is 0 Å². The van der Waals surface area contributed by atoms with E-state index in [0.717, 1.165) is 11.1 Å². The minimum atomic E-state index is 0.0777. The van der Waals surface area contributed by atoms with Crippen molar-refractivity contribution in [1.29, 1.82) is 0 Å². The van der Waals surface area contributed by atoms with Crippen LogP contribution in [0.4, 0.5) is 0 Å². The molecule has 0 radical (unpaired) electrons. The first-order valence-electron chi connectivity index (χ1n) is 8.96. The molecule has 25 heavy (non-hydrogen) atoms. The molecule has 0 aromatic heterocycles. The maximum absolute atomic E-state index is 12.5. The van der Waals surface area contributed by atoms with Crippen LogP contribution < -0.4 is 0 Å². The zero-order chi connectivity index (χ0) is 18.5. The van der Waals surface area contributed by atoms with Crippen LogP contribution in [0.15, 0.2) is 71.8 Å². The van der Waals surface area contributed by atoms with Crippen LogP contribution in [0, 0.1) is 0 Å².